The third-order valence-corrected chi connectivity index (χ3v) is 7.11. The number of ether oxygens (including phenoxy) is 1. The van der Waals surface area contributed by atoms with Gasteiger partial charge < -0.3 is 20.1 Å². The van der Waals surface area contributed by atoms with Crippen molar-refractivity contribution < 1.29 is 29.6 Å². The quantitative estimate of drug-likeness (QED) is 0.354. The molecule has 0 spiro atoms. The van der Waals surface area contributed by atoms with E-state index < -0.39 is 18.2 Å². The molecule has 6 heteroatoms. The first-order valence-electron chi connectivity index (χ1n) is 11.6. The molecule has 2 aliphatic rings. The van der Waals surface area contributed by atoms with Gasteiger partial charge in [0.15, 0.2) is 0 Å². The summed E-state index contributed by atoms with van der Waals surface area (Å²) < 4.78 is 6.07. The summed E-state index contributed by atoms with van der Waals surface area (Å²) in [6.07, 6.45) is 6.35. The number of carboxylic acid groups (broad SMARTS) is 1. The second kappa shape index (κ2) is 11.3. The number of aliphatic carboxylic acids is 1. The number of rotatable bonds is 10. The molecule has 176 valence electrons. The van der Waals surface area contributed by atoms with Crippen LogP contribution in [0, 0.1) is 35.5 Å². The largest absolute Gasteiger partial charge is 0.481 e. The Labute approximate surface area is 186 Å². The number of carbonyl (C=O) groups excluding carboxylic acids is 1. The van der Waals surface area contributed by atoms with Crippen LogP contribution in [0.5, 0.6) is 0 Å². The number of carboxylic acids is 1. The first kappa shape index (κ1) is 25.6. The minimum atomic E-state index is -1.07. The Kier molecular flexibility index (Phi) is 9.31. The topological polar surface area (TPSA) is 104 Å². The van der Waals surface area contributed by atoms with Crippen molar-refractivity contribution in [2.45, 2.75) is 85.0 Å². The molecule has 0 saturated carbocycles. The molecule has 0 aromatic heterocycles. The van der Waals surface area contributed by atoms with Gasteiger partial charge in [-0.15, -0.1) is 0 Å². The average Bonchev–Trinajstić information content (AvgIpc) is 2.65. The number of aliphatic hydroxyl groups excluding tert-OH is 2. The molecular formula is C25H40O6. The highest BCUT2D eigenvalue weighted by Gasteiger charge is 2.43. The summed E-state index contributed by atoms with van der Waals surface area (Å²) in [5.74, 6) is -0.274. The molecule has 0 aromatic carbocycles. The van der Waals surface area contributed by atoms with Gasteiger partial charge >= 0.3 is 11.9 Å². The second-order valence-corrected chi connectivity index (χ2v) is 10.0. The summed E-state index contributed by atoms with van der Waals surface area (Å²) >= 11 is 0. The van der Waals surface area contributed by atoms with Crippen molar-refractivity contribution in [3.8, 4) is 0 Å². The zero-order valence-corrected chi connectivity index (χ0v) is 19.5. The maximum Gasteiger partial charge on any atom is 0.309 e. The summed E-state index contributed by atoms with van der Waals surface area (Å²) in [7, 11) is 0. The van der Waals surface area contributed by atoms with Gasteiger partial charge in [-0.05, 0) is 43.9 Å². The molecule has 0 saturated heterocycles. The highest BCUT2D eigenvalue weighted by molar-refractivity contribution is 5.72. The number of hydrogen-bond donors (Lipinski definition) is 3. The Bertz CT molecular complexity index is 681. The fraction of sp³-hybridized carbons (Fsp3) is 0.760. The maximum atomic E-state index is 12.7. The lowest BCUT2D eigenvalue weighted by Gasteiger charge is -2.45. The van der Waals surface area contributed by atoms with Gasteiger partial charge in [0.1, 0.15) is 6.10 Å². The first-order chi connectivity index (χ1) is 14.5. The maximum absolute atomic E-state index is 12.7. The van der Waals surface area contributed by atoms with Crippen molar-refractivity contribution in [2.75, 3.05) is 0 Å². The van der Waals surface area contributed by atoms with Crippen molar-refractivity contribution in [2.24, 2.45) is 35.5 Å². The Morgan fingerprint density at radius 2 is 1.84 bits per heavy atom. The van der Waals surface area contributed by atoms with Crippen molar-refractivity contribution in [1.29, 1.82) is 0 Å². The molecule has 8 atom stereocenters. The Morgan fingerprint density at radius 1 is 1.16 bits per heavy atom. The summed E-state index contributed by atoms with van der Waals surface area (Å²) in [6.45, 7) is 10.2. The third-order valence-electron chi connectivity index (χ3n) is 7.11. The molecule has 0 heterocycles. The number of carbonyl (C=O) groups is 2. The van der Waals surface area contributed by atoms with E-state index in [9.17, 15) is 19.8 Å². The lowest BCUT2D eigenvalue weighted by molar-refractivity contribution is -0.161. The van der Waals surface area contributed by atoms with Crippen LogP contribution in [0.3, 0.4) is 0 Å². The number of hydrogen-bond acceptors (Lipinski definition) is 5. The van der Waals surface area contributed by atoms with Crippen molar-refractivity contribution in [1.82, 2.24) is 0 Å². The van der Waals surface area contributed by atoms with Crippen molar-refractivity contribution in [3.05, 3.63) is 23.8 Å². The van der Waals surface area contributed by atoms with Crippen LogP contribution in [0.15, 0.2) is 23.8 Å². The second-order valence-electron chi connectivity index (χ2n) is 10.0. The number of allylic oxidation sites excluding steroid dienone is 3. The van der Waals surface area contributed by atoms with Gasteiger partial charge in [-0.2, -0.15) is 0 Å². The zero-order chi connectivity index (χ0) is 23.3. The van der Waals surface area contributed by atoms with Crippen LogP contribution in [-0.4, -0.2) is 45.6 Å². The van der Waals surface area contributed by atoms with Crippen molar-refractivity contribution in [3.63, 3.8) is 0 Å². The summed E-state index contributed by atoms with van der Waals surface area (Å²) in [5, 5.41) is 29.0. The lowest BCUT2D eigenvalue weighted by atomic mass is 9.63. The van der Waals surface area contributed by atoms with Gasteiger partial charge in [-0.25, -0.2) is 0 Å². The van der Waals surface area contributed by atoms with Crippen LogP contribution in [0.2, 0.25) is 0 Å². The molecular weight excluding hydrogens is 396 g/mol. The van der Waals surface area contributed by atoms with E-state index in [0.29, 0.717) is 6.42 Å². The molecule has 0 aromatic rings. The number of esters is 1. The fourth-order valence-corrected chi connectivity index (χ4v) is 4.96. The van der Waals surface area contributed by atoms with Crippen LogP contribution in [0.1, 0.15) is 66.7 Å². The van der Waals surface area contributed by atoms with Gasteiger partial charge in [0.05, 0.1) is 24.5 Å². The Balaban J connectivity index is 2.10. The molecule has 5 unspecified atom stereocenters. The van der Waals surface area contributed by atoms with Crippen LogP contribution in [-0.2, 0) is 14.3 Å². The van der Waals surface area contributed by atoms with Crippen LogP contribution in [0.25, 0.3) is 0 Å². The average molecular weight is 437 g/mol. The molecule has 2 rings (SSSR count). The normalized spacial score (nSPS) is 30.8. The van der Waals surface area contributed by atoms with Gasteiger partial charge in [-0.1, -0.05) is 51.5 Å². The summed E-state index contributed by atoms with van der Waals surface area (Å²) in [4.78, 5) is 23.5. The van der Waals surface area contributed by atoms with Gasteiger partial charge in [0.25, 0.3) is 0 Å². The zero-order valence-electron chi connectivity index (χ0n) is 19.5. The molecule has 0 amide bonds. The first-order valence-corrected chi connectivity index (χ1v) is 11.6. The minimum absolute atomic E-state index is 0.0562. The number of fused-ring (bicyclic) bond motifs is 1. The molecule has 6 nitrogen and oxygen atoms in total. The van der Waals surface area contributed by atoms with Crippen LogP contribution < -0.4 is 0 Å². The van der Waals surface area contributed by atoms with E-state index in [4.69, 9.17) is 9.84 Å². The SMILES string of the molecule is CC1=CC2C=C[C@H](C)C(CCC(O)C[C@H](O)CC(=O)O)C2C(OC(=O)[C@@H](C)C(C)C)C1. The molecule has 0 aliphatic heterocycles. The van der Waals surface area contributed by atoms with Gasteiger partial charge in [-0.3, -0.25) is 9.59 Å². The van der Waals surface area contributed by atoms with E-state index in [1.807, 2.05) is 20.8 Å². The molecule has 0 fully saturated rings. The summed E-state index contributed by atoms with van der Waals surface area (Å²) in [5.41, 5.74) is 1.23. The van der Waals surface area contributed by atoms with E-state index >= 15 is 0 Å². The monoisotopic (exact) mass is 436 g/mol. The fourth-order valence-electron chi connectivity index (χ4n) is 4.96. The molecule has 3 N–H and O–H groups in total. The van der Waals surface area contributed by atoms with E-state index in [-0.39, 0.29) is 60.4 Å². The van der Waals surface area contributed by atoms with E-state index in [2.05, 4.69) is 32.1 Å². The highest BCUT2D eigenvalue weighted by Crippen LogP contribution is 2.45. The smallest absolute Gasteiger partial charge is 0.309 e. The lowest BCUT2D eigenvalue weighted by Crippen LogP contribution is -2.44. The number of aliphatic hydroxyl groups is 2. The van der Waals surface area contributed by atoms with E-state index in [1.165, 1.54) is 5.57 Å². The minimum Gasteiger partial charge on any atom is -0.481 e. The van der Waals surface area contributed by atoms with Crippen LogP contribution in [0.4, 0.5) is 0 Å². The van der Waals surface area contributed by atoms with E-state index in [0.717, 1.165) is 12.8 Å². The van der Waals surface area contributed by atoms with Crippen molar-refractivity contribution >= 4 is 11.9 Å². The molecule has 2 aliphatic carbocycles. The molecule has 31 heavy (non-hydrogen) atoms. The van der Waals surface area contributed by atoms with Gasteiger partial charge in [0.2, 0.25) is 0 Å². The third kappa shape index (κ3) is 7.18. The van der Waals surface area contributed by atoms with E-state index in [1.54, 1.807) is 0 Å². The van der Waals surface area contributed by atoms with Crippen LogP contribution >= 0.6 is 0 Å². The standard InChI is InChI=1S/C25H40O6/c1-14(2)17(5)25(30)31-22-11-15(3)10-18-7-6-16(4)21(24(18)22)9-8-19(26)12-20(27)13-23(28)29/h6-7,10,14,16-22,24,26-27H,8-9,11-13H2,1-5H3,(H,28,29)/t16-,17-,18?,19?,20-,21?,22?,24?/m0/s1. The Morgan fingerprint density at radius 3 is 2.45 bits per heavy atom. The molecule has 0 bridgehead atoms. The predicted octanol–water partition coefficient (Wildman–Crippen LogP) is 3.96. The van der Waals surface area contributed by atoms with Gasteiger partial charge in [0, 0.05) is 18.3 Å². The summed E-state index contributed by atoms with van der Waals surface area (Å²) in [6, 6.07) is 0. The Hall–Kier alpha value is -1.66. The highest BCUT2D eigenvalue weighted by atomic mass is 16.5. The predicted molar refractivity (Wildman–Crippen MR) is 119 cm³/mol. The molecule has 0 radical (unpaired) electrons.